The number of nitrogen functional groups attached to an aromatic ring is 4. The Hall–Kier alpha value is -4.93. The summed E-state index contributed by atoms with van der Waals surface area (Å²) in [6, 6.07) is 14.3. The van der Waals surface area contributed by atoms with E-state index < -0.39 is 17.9 Å². The predicted octanol–water partition coefficient (Wildman–Crippen LogP) is 2.19. The van der Waals surface area contributed by atoms with E-state index >= 15 is 0 Å². The van der Waals surface area contributed by atoms with Gasteiger partial charge in [0.1, 0.15) is 5.75 Å². The highest BCUT2D eigenvalue weighted by atomic mass is 16.4. The number of carboxylic acids is 3. The average Bonchev–Trinajstić information content (AvgIpc) is 2.67. The molecule has 0 spiro atoms. The molecule has 3 aromatic rings. The van der Waals surface area contributed by atoms with Gasteiger partial charge in [0.15, 0.2) is 0 Å². The van der Waals surface area contributed by atoms with Gasteiger partial charge in [0, 0.05) is 22.7 Å². The van der Waals surface area contributed by atoms with E-state index in [1.54, 1.807) is 18.2 Å². The molecule has 0 saturated carbocycles. The number of phenols is 1. The second kappa shape index (κ2) is 11.3. The van der Waals surface area contributed by atoms with E-state index in [2.05, 4.69) is 0 Å². The number of phenolic OH excluding ortho intramolecular Hbond substituents is 1. The Balaban J connectivity index is 0.000000247. The number of nitrogens with two attached hydrogens (primary N) is 4. The van der Waals surface area contributed by atoms with Gasteiger partial charge in [-0.1, -0.05) is 6.07 Å². The van der Waals surface area contributed by atoms with Gasteiger partial charge < -0.3 is 43.4 Å². The van der Waals surface area contributed by atoms with Gasteiger partial charge in [-0.3, -0.25) is 0 Å². The second-order valence-electron chi connectivity index (χ2n) is 6.24. The van der Waals surface area contributed by atoms with E-state index in [0.717, 1.165) is 18.2 Å². The van der Waals surface area contributed by atoms with Gasteiger partial charge in [-0.05, 0) is 54.6 Å². The van der Waals surface area contributed by atoms with E-state index in [4.69, 9.17) is 43.4 Å². The van der Waals surface area contributed by atoms with Crippen LogP contribution in [0.1, 0.15) is 31.1 Å². The minimum absolute atomic E-state index is 0.113. The lowest BCUT2D eigenvalue weighted by Gasteiger charge is -1.98. The molecular formula is C21H22N4O7. The van der Waals surface area contributed by atoms with Crippen LogP contribution in [0.25, 0.3) is 0 Å². The smallest absolute Gasteiger partial charge is 0.335 e. The van der Waals surface area contributed by atoms with Gasteiger partial charge in [0.25, 0.3) is 0 Å². The number of aromatic hydroxyl groups is 1. The molecule has 0 amide bonds. The zero-order valence-corrected chi connectivity index (χ0v) is 16.6. The number of hydrogen-bond donors (Lipinski definition) is 8. The van der Waals surface area contributed by atoms with Crippen LogP contribution in [0.4, 0.5) is 22.7 Å². The molecule has 0 aliphatic heterocycles. The van der Waals surface area contributed by atoms with Crippen molar-refractivity contribution in [3.63, 3.8) is 0 Å². The molecule has 32 heavy (non-hydrogen) atoms. The molecule has 11 heteroatoms. The molecule has 3 aromatic carbocycles. The lowest BCUT2D eigenvalue weighted by atomic mass is 10.1. The van der Waals surface area contributed by atoms with Gasteiger partial charge in [0.2, 0.25) is 0 Å². The molecule has 168 valence electrons. The highest BCUT2D eigenvalue weighted by molar-refractivity contribution is 5.94. The molecule has 0 atom stereocenters. The summed E-state index contributed by atoms with van der Waals surface area (Å²) in [4.78, 5) is 31.2. The molecule has 0 aliphatic rings. The molecule has 12 N–H and O–H groups in total. The van der Waals surface area contributed by atoms with Crippen molar-refractivity contribution in [3.05, 3.63) is 77.4 Å². The highest BCUT2D eigenvalue weighted by Gasteiger charge is 2.10. The minimum atomic E-state index is -1.28. The Bertz CT molecular complexity index is 1060. The summed E-state index contributed by atoms with van der Waals surface area (Å²) in [6.45, 7) is 0. The van der Waals surface area contributed by atoms with E-state index in [0.29, 0.717) is 22.7 Å². The highest BCUT2D eigenvalue weighted by Crippen LogP contribution is 2.16. The summed E-state index contributed by atoms with van der Waals surface area (Å²) >= 11 is 0. The molecule has 0 aliphatic carbocycles. The van der Waals surface area contributed by atoms with Crippen molar-refractivity contribution in [2.75, 3.05) is 22.9 Å². The summed E-state index contributed by atoms with van der Waals surface area (Å²) in [6.07, 6.45) is 0. The Morgan fingerprint density at radius 2 is 0.875 bits per heavy atom. The van der Waals surface area contributed by atoms with Crippen LogP contribution in [0, 0.1) is 0 Å². The van der Waals surface area contributed by atoms with Crippen molar-refractivity contribution in [2.45, 2.75) is 0 Å². The standard InChI is InChI=1S/C8H6O5.C7H8N2O2.C6H8N2/c9-6-2-4(7(10)11)1-5(3-6)8(12)13;8-5-1-4(7(10)11)2-6(9)3-5;7-5-2-1-3-6(8)4-5/h1-3,9H,(H,10,11)(H,12,13);1-3H,8-9H2,(H,10,11);1-4H,7-8H2. The molecule has 11 nitrogen and oxygen atoms in total. The zero-order valence-electron chi connectivity index (χ0n) is 16.6. The first-order valence-electron chi connectivity index (χ1n) is 8.70. The van der Waals surface area contributed by atoms with Crippen molar-refractivity contribution in [3.8, 4) is 5.75 Å². The summed E-state index contributed by atoms with van der Waals surface area (Å²) in [5.74, 6) is -3.96. The number of rotatable bonds is 3. The van der Waals surface area contributed by atoms with Crippen molar-refractivity contribution in [1.29, 1.82) is 0 Å². The van der Waals surface area contributed by atoms with Gasteiger partial charge in [0.05, 0.1) is 16.7 Å². The first kappa shape index (κ1) is 25.1. The molecule has 0 unspecified atom stereocenters. The van der Waals surface area contributed by atoms with Gasteiger partial charge in [-0.25, -0.2) is 14.4 Å². The van der Waals surface area contributed by atoms with Gasteiger partial charge >= 0.3 is 17.9 Å². The maximum Gasteiger partial charge on any atom is 0.335 e. The third-order valence-electron chi connectivity index (χ3n) is 3.55. The molecule has 0 bridgehead atoms. The number of benzene rings is 3. The molecule has 0 heterocycles. The van der Waals surface area contributed by atoms with E-state index in [9.17, 15) is 14.4 Å². The Labute approximate surface area is 182 Å². The zero-order chi connectivity index (χ0) is 24.4. The normalized spacial score (nSPS) is 9.38. The summed E-state index contributed by atoms with van der Waals surface area (Å²) in [7, 11) is 0. The Morgan fingerprint density at radius 3 is 1.19 bits per heavy atom. The SMILES string of the molecule is Nc1cc(N)cc(C(=O)O)c1.Nc1cccc(N)c1.O=C(O)c1cc(O)cc(C(=O)O)c1. The van der Waals surface area contributed by atoms with E-state index in [1.807, 2.05) is 6.07 Å². The number of aromatic carboxylic acids is 3. The van der Waals surface area contributed by atoms with Crippen LogP contribution in [0.3, 0.4) is 0 Å². The Morgan fingerprint density at radius 1 is 0.531 bits per heavy atom. The fourth-order valence-corrected chi connectivity index (χ4v) is 2.22. The molecule has 0 radical (unpaired) electrons. The van der Waals surface area contributed by atoms with Crippen LogP contribution in [0.5, 0.6) is 5.75 Å². The molecule has 0 aromatic heterocycles. The third-order valence-corrected chi connectivity index (χ3v) is 3.55. The van der Waals surface area contributed by atoms with Crippen molar-refractivity contribution in [2.24, 2.45) is 0 Å². The van der Waals surface area contributed by atoms with Gasteiger partial charge in [-0.15, -0.1) is 0 Å². The van der Waals surface area contributed by atoms with Crippen LogP contribution in [0.15, 0.2) is 60.7 Å². The second-order valence-corrected chi connectivity index (χ2v) is 6.24. The van der Waals surface area contributed by atoms with Gasteiger partial charge in [-0.2, -0.15) is 0 Å². The summed E-state index contributed by atoms with van der Waals surface area (Å²) < 4.78 is 0. The largest absolute Gasteiger partial charge is 0.508 e. The van der Waals surface area contributed by atoms with Crippen molar-refractivity contribution in [1.82, 2.24) is 0 Å². The quantitative estimate of drug-likeness (QED) is 0.273. The first-order chi connectivity index (χ1) is 14.9. The maximum absolute atomic E-state index is 10.4. The van der Waals surface area contributed by atoms with E-state index in [-0.39, 0.29) is 22.4 Å². The monoisotopic (exact) mass is 442 g/mol. The third kappa shape index (κ3) is 8.61. The molecule has 0 fully saturated rings. The number of carboxylic acid groups (broad SMARTS) is 3. The maximum atomic E-state index is 10.4. The topological polar surface area (TPSA) is 236 Å². The number of hydrogen-bond acceptors (Lipinski definition) is 8. The minimum Gasteiger partial charge on any atom is -0.508 e. The summed E-state index contributed by atoms with van der Waals surface area (Å²) in [5, 5.41) is 34.5. The van der Waals surface area contributed by atoms with Crippen LogP contribution in [-0.4, -0.2) is 38.3 Å². The lowest BCUT2D eigenvalue weighted by Crippen LogP contribution is -2.01. The number of carbonyl (C=O) groups is 3. The van der Waals surface area contributed by atoms with Crippen LogP contribution < -0.4 is 22.9 Å². The van der Waals surface area contributed by atoms with Crippen molar-refractivity contribution < 1.29 is 34.8 Å². The summed E-state index contributed by atoms with van der Waals surface area (Å²) in [5.41, 5.74) is 23.2. The van der Waals surface area contributed by atoms with Crippen LogP contribution >= 0.6 is 0 Å². The Kier molecular flexibility index (Phi) is 8.87. The number of anilines is 4. The molecule has 3 rings (SSSR count). The van der Waals surface area contributed by atoms with Crippen molar-refractivity contribution >= 4 is 40.7 Å². The lowest BCUT2D eigenvalue weighted by molar-refractivity contribution is 0.0682. The van der Waals surface area contributed by atoms with Crippen LogP contribution in [-0.2, 0) is 0 Å². The first-order valence-corrected chi connectivity index (χ1v) is 8.70. The fourth-order valence-electron chi connectivity index (χ4n) is 2.22. The van der Waals surface area contributed by atoms with E-state index in [1.165, 1.54) is 18.2 Å². The average molecular weight is 442 g/mol. The fraction of sp³-hybridized carbons (Fsp3) is 0. The molecule has 0 saturated heterocycles. The molecular weight excluding hydrogens is 420 g/mol. The predicted molar refractivity (Wildman–Crippen MR) is 120 cm³/mol. The van der Waals surface area contributed by atoms with Crippen LogP contribution in [0.2, 0.25) is 0 Å².